The average Bonchev–Trinajstić information content (AvgIpc) is 2.75. The van der Waals surface area contributed by atoms with E-state index in [9.17, 15) is 14.4 Å². The summed E-state index contributed by atoms with van der Waals surface area (Å²) in [5.74, 6) is -0.429. The Morgan fingerprint density at radius 2 is 2.00 bits per heavy atom. The zero-order valence-electron chi connectivity index (χ0n) is 17.7. The molecule has 9 nitrogen and oxygen atoms in total. The van der Waals surface area contributed by atoms with Crippen molar-refractivity contribution in [2.75, 3.05) is 37.4 Å². The summed E-state index contributed by atoms with van der Waals surface area (Å²) in [5, 5.41) is 5.52. The Kier molecular flexibility index (Phi) is 6.86. The first kappa shape index (κ1) is 22.2. The molecule has 9 heteroatoms. The van der Waals surface area contributed by atoms with Crippen molar-refractivity contribution in [3.8, 4) is 5.75 Å². The number of methoxy groups -OCH3 is 1. The van der Waals surface area contributed by atoms with Gasteiger partial charge in [0.25, 0.3) is 0 Å². The second-order valence-electron chi connectivity index (χ2n) is 7.62. The summed E-state index contributed by atoms with van der Waals surface area (Å²) >= 11 is 0. The van der Waals surface area contributed by atoms with Crippen LogP contribution in [0.25, 0.3) is 0 Å². The normalized spacial score (nSPS) is 18.8. The van der Waals surface area contributed by atoms with Crippen LogP contribution in [0.1, 0.15) is 25.5 Å². The van der Waals surface area contributed by atoms with E-state index in [1.165, 1.54) is 14.0 Å². The number of hydrogen-bond acceptors (Lipinski definition) is 6. The topological polar surface area (TPSA) is 127 Å². The number of piperidine rings is 1. The van der Waals surface area contributed by atoms with Crippen LogP contribution in [0.15, 0.2) is 42.6 Å². The zero-order chi connectivity index (χ0) is 22.4. The van der Waals surface area contributed by atoms with Crippen molar-refractivity contribution in [1.82, 2.24) is 9.88 Å². The van der Waals surface area contributed by atoms with Crippen LogP contribution >= 0.6 is 0 Å². The molecule has 1 aromatic heterocycles. The molecule has 2 aromatic rings. The number of nitrogens with zero attached hydrogens (tertiary/aromatic N) is 2. The van der Waals surface area contributed by atoms with Crippen molar-refractivity contribution >= 4 is 29.1 Å². The van der Waals surface area contributed by atoms with Crippen molar-refractivity contribution in [1.29, 1.82) is 0 Å². The van der Waals surface area contributed by atoms with E-state index in [-0.39, 0.29) is 18.4 Å². The fourth-order valence-electron chi connectivity index (χ4n) is 3.91. The third-order valence-corrected chi connectivity index (χ3v) is 5.38. The first-order valence-electron chi connectivity index (χ1n) is 10.0. The van der Waals surface area contributed by atoms with Crippen molar-refractivity contribution in [3.63, 3.8) is 0 Å². The van der Waals surface area contributed by atoms with E-state index in [1.807, 2.05) is 11.0 Å². The quantitative estimate of drug-likeness (QED) is 0.617. The number of benzene rings is 1. The SMILES string of the molecule is COc1ccc(NC(C)=O)c(NC(=O)CN2CCCC(C(N)=O)(c3ccccn3)C2)c1. The van der Waals surface area contributed by atoms with E-state index < -0.39 is 11.3 Å². The maximum Gasteiger partial charge on any atom is 0.238 e. The minimum atomic E-state index is -0.933. The number of carbonyl (C=O) groups is 3. The Labute approximate surface area is 181 Å². The molecule has 1 aliphatic heterocycles. The van der Waals surface area contributed by atoms with E-state index in [1.54, 1.807) is 36.5 Å². The van der Waals surface area contributed by atoms with Crippen LogP contribution in [-0.2, 0) is 19.8 Å². The van der Waals surface area contributed by atoms with Crippen LogP contribution in [0.4, 0.5) is 11.4 Å². The first-order valence-corrected chi connectivity index (χ1v) is 10.0. The fourth-order valence-corrected chi connectivity index (χ4v) is 3.91. The van der Waals surface area contributed by atoms with Gasteiger partial charge in [0.2, 0.25) is 17.7 Å². The second kappa shape index (κ2) is 9.57. The van der Waals surface area contributed by atoms with E-state index in [2.05, 4.69) is 15.6 Å². The Balaban J connectivity index is 1.75. The lowest BCUT2D eigenvalue weighted by Gasteiger charge is -2.40. The molecule has 1 atom stereocenters. The molecule has 0 spiro atoms. The van der Waals surface area contributed by atoms with Gasteiger partial charge in [-0.05, 0) is 43.7 Å². The molecular formula is C22H27N5O4. The highest BCUT2D eigenvalue weighted by Gasteiger charge is 2.43. The molecular weight excluding hydrogens is 398 g/mol. The standard InChI is InChI=1S/C22H27N5O4/c1-15(28)25-17-8-7-16(31-2)12-18(17)26-20(29)13-27-11-5-9-22(14-27,21(23)30)19-6-3-4-10-24-19/h3-4,6-8,10,12H,5,9,11,13-14H2,1-2H3,(H2,23,30)(H,25,28)(H,26,29). The molecule has 1 fully saturated rings. The summed E-state index contributed by atoms with van der Waals surface area (Å²) < 4.78 is 5.22. The van der Waals surface area contributed by atoms with E-state index in [0.717, 1.165) is 0 Å². The molecule has 31 heavy (non-hydrogen) atoms. The van der Waals surface area contributed by atoms with Gasteiger partial charge < -0.3 is 21.1 Å². The molecule has 0 radical (unpaired) electrons. The predicted molar refractivity (Wildman–Crippen MR) is 117 cm³/mol. The second-order valence-corrected chi connectivity index (χ2v) is 7.62. The van der Waals surface area contributed by atoms with Crippen molar-refractivity contribution < 1.29 is 19.1 Å². The van der Waals surface area contributed by atoms with Crippen molar-refractivity contribution in [3.05, 3.63) is 48.3 Å². The highest BCUT2D eigenvalue weighted by Crippen LogP contribution is 2.33. The molecule has 164 valence electrons. The number of hydrogen-bond donors (Lipinski definition) is 3. The predicted octanol–water partition coefficient (Wildman–Crippen LogP) is 1.51. The lowest BCUT2D eigenvalue weighted by atomic mass is 9.76. The summed E-state index contributed by atoms with van der Waals surface area (Å²) in [6.45, 7) is 2.43. The van der Waals surface area contributed by atoms with Gasteiger partial charge in [0.05, 0.1) is 30.7 Å². The van der Waals surface area contributed by atoms with Gasteiger partial charge in [0.15, 0.2) is 0 Å². The number of aromatic nitrogens is 1. The van der Waals surface area contributed by atoms with Crippen molar-refractivity contribution in [2.24, 2.45) is 5.73 Å². The van der Waals surface area contributed by atoms with Crippen LogP contribution in [0.3, 0.4) is 0 Å². The number of nitrogens with two attached hydrogens (primary N) is 1. The molecule has 0 saturated carbocycles. The molecule has 1 aromatic carbocycles. The van der Waals surface area contributed by atoms with Crippen LogP contribution < -0.4 is 21.1 Å². The Hall–Kier alpha value is -3.46. The van der Waals surface area contributed by atoms with Gasteiger partial charge in [0, 0.05) is 25.7 Å². The molecule has 2 heterocycles. The average molecular weight is 425 g/mol. The van der Waals surface area contributed by atoms with Gasteiger partial charge in [-0.15, -0.1) is 0 Å². The highest BCUT2D eigenvalue weighted by atomic mass is 16.5. The number of nitrogens with one attached hydrogen (secondary N) is 2. The minimum Gasteiger partial charge on any atom is -0.497 e. The third-order valence-electron chi connectivity index (χ3n) is 5.38. The van der Waals surface area contributed by atoms with Crippen LogP contribution in [-0.4, -0.2) is 54.3 Å². The smallest absolute Gasteiger partial charge is 0.238 e. The summed E-state index contributed by atoms with van der Waals surface area (Å²) in [6.07, 6.45) is 2.93. The molecule has 1 aliphatic rings. The number of anilines is 2. The Morgan fingerprint density at radius 3 is 2.65 bits per heavy atom. The number of carbonyl (C=O) groups excluding carboxylic acids is 3. The van der Waals surface area contributed by atoms with Gasteiger partial charge in [-0.2, -0.15) is 0 Å². The van der Waals surface area contributed by atoms with Gasteiger partial charge in [-0.25, -0.2) is 0 Å². The monoisotopic (exact) mass is 425 g/mol. The number of primary amides is 1. The van der Waals surface area contributed by atoms with Gasteiger partial charge in [0.1, 0.15) is 11.2 Å². The molecule has 1 unspecified atom stereocenters. The molecule has 3 amide bonds. The highest BCUT2D eigenvalue weighted by molar-refractivity contribution is 6.00. The summed E-state index contributed by atoms with van der Waals surface area (Å²) in [6, 6.07) is 10.4. The van der Waals surface area contributed by atoms with Crippen LogP contribution in [0.5, 0.6) is 5.75 Å². The maximum atomic E-state index is 12.8. The van der Waals surface area contributed by atoms with E-state index >= 15 is 0 Å². The Bertz CT molecular complexity index is 966. The molecule has 4 N–H and O–H groups in total. The largest absolute Gasteiger partial charge is 0.497 e. The number of rotatable bonds is 7. The summed E-state index contributed by atoms with van der Waals surface area (Å²) in [4.78, 5) is 42.9. The number of amides is 3. The number of pyridine rings is 1. The van der Waals surface area contributed by atoms with Crippen LogP contribution in [0.2, 0.25) is 0 Å². The van der Waals surface area contributed by atoms with Gasteiger partial charge in [-0.3, -0.25) is 24.3 Å². The summed E-state index contributed by atoms with van der Waals surface area (Å²) in [7, 11) is 1.52. The van der Waals surface area contributed by atoms with Gasteiger partial charge >= 0.3 is 0 Å². The first-order chi connectivity index (χ1) is 14.8. The summed E-state index contributed by atoms with van der Waals surface area (Å²) in [5.41, 5.74) is 6.38. The van der Waals surface area contributed by atoms with E-state index in [0.29, 0.717) is 48.7 Å². The number of likely N-dealkylation sites (tertiary alicyclic amines) is 1. The molecule has 0 aliphatic carbocycles. The third kappa shape index (κ3) is 5.18. The minimum absolute atomic E-state index is 0.0680. The van der Waals surface area contributed by atoms with E-state index in [4.69, 9.17) is 10.5 Å². The molecule has 1 saturated heterocycles. The van der Waals surface area contributed by atoms with Crippen LogP contribution in [0, 0.1) is 0 Å². The Morgan fingerprint density at radius 1 is 1.19 bits per heavy atom. The van der Waals surface area contributed by atoms with Crippen molar-refractivity contribution in [2.45, 2.75) is 25.2 Å². The van der Waals surface area contributed by atoms with Gasteiger partial charge in [-0.1, -0.05) is 6.07 Å². The lowest BCUT2D eigenvalue weighted by molar-refractivity contribution is -0.127. The lowest BCUT2D eigenvalue weighted by Crippen LogP contribution is -2.55. The fraction of sp³-hybridized carbons (Fsp3) is 0.364. The maximum absolute atomic E-state index is 12.8. The zero-order valence-corrected chi connectivity index (χ0v) is 17.7. The molecule has 3 rings (SSSR count). The number of ether oxygens (including phenoxy) is 1. The molecule has 0 bridgehead atoms.